The number of amides is 1. The van der Waals surface area contributed by atoms with Crippen LogP contribution >= 0.6 is 0 Å². The highest BCUT2D eigenvalue weighted by Crippen LogP contribution is 2.22. The minimum Gasteiger partial charge on any atom is -0.382 e. The van der Waals surface area contributed by atoms with Crippen LogP contribution in [0.5, 0.6) is 0 Å². The number of anilines is 1. The number of nitrogens with one attached hydrogen (secondary N) is 1. The van der Waals surface area contributed by atoms with E-state index >= 15 is 0 Å². The summed E-state index contributed by atoms with van der Waals surface area (Å²) in [6, 6.07) is 17.0. The van der Waals surface area contributed by atoms with Crippen molar-refractivity contribution in [2.75, 3.05) is 5.32 Å². The highest BCUT2D eigenvalue weighted by Gasteiger charge is 2.28. The fourth-order valence-corrected chi connectivity index (χ4v) is 2.75. The number of hydrogen-bond acceptors (Lipinski definition) is 6. The van der Waals surface area contributed by atoms with Gasteiger partial charge in [-0.25, -0.2) is 4.68 Å². The normalized spacial score (nSPS) is 16.0. The van der Waals surface area contributed by atoms with Gasteiger partial charge in [0.1, 0.15) is 0 Å². The van der Waals surface area contributed by atoms with Crippen LogP contribution < -0.4 is 5.32 Å². The van der Waals surface area contributed by atoms with Gasteiger partial charge in [-0.05, 0) is 28.1 Å². The molecule has 1 N–H and O–H groups in total. The van der Waals surface area contributed by atoms with Gasteiger partial charge >= 0.3 is 0 Å². The molecule has 26 heavy (non-hydrogen) atoms. The van der Waals surface area contributed by atoms with E-state index in [2.05, 4.69) is 26.0 Å². The molecule has 2 aromatic carbocycles. The fourth-order valence-electron chi connectivity index (χ4n) is 2.75. The van der Waals surface area contributed by atoms with E-state index in [0.717, 1.165) is 16.8 Å². The number of oxime groups is 1. The van der Waals surface area contributed by atoms with Gasteiger partial charge in [0.2, 0.25) is 6.10 Å². The number of carbonyl (C=O) groups is 1. The van der Waals surface area contributed by atoms with Gasteiger partial charge in [-0.15, -0.1) is 5.10 Å². The van der Waals surface area contributed by atoms with Crippen LogP contribution in [0.3, 0.4) is 0 Å². The number of aromatic nitrogens is 4. The highest BCUT2D eigenvalue weighted by molar-refractivity contribution is 6.06. The van der Waals surface area contributed by atoms with E-state index in [0.29, 0.717) is 17.9 Å². The van der Waals surface area contributed by atoms with Gasteiger partial charge in [0.25, 0.3) is 5.91 Å². The second kappa shape index (κ2) is 6.75. The first kappa shape index (κ1) is 15.9. The number of hydrogen-bond donors (Lipinski definition) is 1. The van der Waals surface area contributed by atoms with E-state index in [1.165, 1.54) is 0 Å². The van der Waals surface area contributed by atoms with Crippen molar-refractivity contribution in [2.45, 2.75) is 12.5 Å². The molecule has 0 saturated carbocycles. The third-order valence-corrected chi connectivity index (χ3v) is 4.08. The molecular formula is C18H16N6O2. The summed E-state index contributed by atoms with van der Waals surface area (Å²) >= 11 is 0. The zero-order valence-electron chi connectivity index (χ0n) is 14.0. The Morgan fingerprint density at radius 1 is 1.15 bits per heavy atom. The van der Waals surface area contributed by atoms with Crippen LogP contribution in [-0.2, 0) is 16.7 Å². The largest absolute Gasteiger partial charge is 0.382 e. The molecule has 0 spiro atoms. The molecule has 1 unspecified atom stereocenters. The first-order valence-corrected chi connectivity index (χ1v) is 8.12. The van der Waals surface area contributed by atoms with Gasteiger partial charge in [-0.2, -0.15) is 0 Å². The van der Waals surface area contributed by atoms with Crippen molar-refractivity contribution in [3.8, 4) is 11.4 Å². The van der Waals surface area contributed by atoms with Crippen molar-refractivity contribution >= 4 is 17.3 Å². The summed E-state index contributed by atoms with van der Waals surface area (Å²) in [5, 5.41) is 18.3. The molecule has 0 bridgehead atoms. The summed E-state index contributed by atoms with van der Waals surface area (Å²) in [5.41, 5.74) is 3.18. The predicted octanol–water partition coefficient (Wildman–Crippen LogP) is 2.01. The standard InChI is InChI=1S/C18H16N6O2/c1-24-17(20-22-23-24)13-8-5-9-14(10-13)19-18(25)16-11-15(21-26-16)12-6-3-2-4-7-12/h2-10,16H,11H2,1H3,(H,19,25). The lowest BCUT2D eigenvalue weighted by Gasteiger charge is -2.10. The van der Waals surface area contributed by atoms with Crippen molar-refractivity contribution in [3.05, 3.63) is 60.2 Å². The van der Waals surface area contributed by atoms with E-state index in [9.17, 15) is 4.79 Å². The Morgan fingerprint density at radius 3 is 2.73 bits per heavy atom. The maximum absolute atomic E-state index is 12.5. The Bertz CT molecular complexity index is 967. The molecular weight excluding hydrogens is 332 g/mol. The van der Waals surface area contributed by atoms with Gasteiger partial charge in [0.15, 0.2) is 5.82 Å². The molecule has 1 amide bonds. The van der Waals surface area contributed by atoms with Crippen molar-refractivity contribution < 1.29 is 9.63 Å². The van der Waals surface area contributed by atoms with E-state index in [-0.39, 0.29) is 5.91 Å². The smallest absolute Gasteiger partial charge is 0.268 e. The maximum atomic E-state index is 12.5. The third-order valence-electron chi connectivity index (χ3n) is 4.08. The Hall–Kier alpha value is -3.55. The summed E-state index contributed by atoms with van der Waals surface area (Å²) in [5.74, 6) is 0.376. The molecule has 0 aliphatic carbocycles. The Balaban J connectivity index is 1.44. The van der Waals surface area contributed by atoms with Crippen LogP contribution in [0.25, 0.3) is 11.4 Å². The van der Waals surface area contributed by atoms with Crippen LogP contribution in [0, 0.1) is 0 Å². The lowest BCUT2D eigenvalue weighted by Crippen LogP contribution is -2.28. The SMILES string of the molecule is Cn1nnnc1-c1cccc(NC(=O)C2CC(c3ccccc3)=NO2)c1. The molecule has 1 aromatic heterocycles. The second-order valence-corrected chi connectivity index (χ2v) is 5.90. The van der Waals surface area contributed by atoms with Crippen molar-refractivity contribution in [1.82, 2.24) is 20.2 Å². The Morgan fingerprint density at radius 2 is 1.96 bits per heavy atom. The zero-order valence-corrected chi connectivity index (χ0v) is 14.0. The van der Waals surface area contributed by atoms with Gasteiger partial charge in [0, 0.05) is 24.7 Å². The molecule has 1 aliphatic heterocycles. The van der Waals surface area contributed by atoms with Gasteiger partial charge < -0.3 is 10.2 Å². The molecule has 1 aliphatic rings. The highest BCUT2D eigenvalue weighted by atomic mass is 16.6. The maximum Gasteiger partial charge on any atom is 0.268 e. The first-order valence-electron chi connectivity index (χ1n) is 8.12. The third kappa shape index (κ3) is 3.16. The van der Waals surface area contributed by atoms with E-state index < -0.39 is 6.10 Å². The number of carbonyl (C=O) groups excluding carboxylic acids is 1. The molecule has 0 radical (unpaired) electrons. The van der Waals surface area contributed by atoms with E-state index in [1.807, 2.05) is 48.5 Å². The quantitative estimate of drug-likeness (QED) is 0.778. The average molecular weight is 348 g/mol. The first-order chi connectivity index (χ1) is 12.7. The topological polar surface area (TPSA) is 94.3 Å². The number of benzene rings is 2. The van der Waals surface area contributed by atoms with Crippen molar-refractivity contribution in [2.24, 2.45) is 12.2 Å². The van der Waals surface area contributed by atoms with Crippen LogP contribution in [-0.4, -0.2) is 37.9 Å². The second-order valence-electron chi connectivity index (χ2n) is 5.90. The predicted molar refractivity (Wildman–Crippen MR) is 95.3 cm³/mol. The molecule has 3 aromatic rings. The minimum absolute atomic E-state index is 0.243. The number of aryl methyl sites for hydroxylation is 1. The monoisotopic (exact) mass is 348 g/mol. The summed E-state index contributed by atoms with van der Waals surface area (Å²) in [4.78, 5) is 17.8. The van der Waals surface area contributed by atoms with Crippen LogP contribution in [0.4, 0.5) is 5.69 Å². The van der Waals surface area contributed by atoms with Crippen molar-refractivity contribution in [1.29, 1.82) is 0 Å². The number of tetrazole rings is 1. The lowest BCUT2D eigenvalue weighted by atomic mass is 10.0. The van der Waals surface area contributed by atoms with Gasteiger partial charge in [-0.3, -0.25) is 4.79 Å². The van der Waals surface area contributed by atoms with E-state index in [1.54, 1.807) is 17.8 Å². The Labute approximate surface area is 149 Å². The molecule has 2 heterocycles. The Kier molecular flexibility index (Phi) is 4.14. The number of rotatable bonds is 4. The summed E-state index contributed by atoms with van der Waals surface area (Å²) in [7, 11) is 1.76. The van der Waals surface area contributed by atoms with Gasteiger partial charge in [0.05, 0.1) is 5.71 Å². The molecule has 1 atom stereocenters. The van der Waals surface area contributed by atoms with Crippen LogP contribution in [0.1, 0.15) is 12.0 Å². The molecule has 8 heteroatoms. The van der Waals surface area contributed by atoms with E-state index in [4.69, 9.17) is 4.84 Å². The van der Waals surface area contributed by atoms with Crippen LogP contribution in [0.2, 0.25) is 0 Å². The van der Waals surface area contributed by atoms with Crippen LogP contribution in [0.15, 0.2) is 59.8 Å². The fraction of sp³-hybridized carbons (Fsp3) is 0.167. The van der Waals surface area contributed by atoms with Crippen molar-refractivity contribution in [3.63, 3.8) is 0 Å². The zero-order chi connectivity index (χ0) is 17.9. The molecule has 0 saturated heterocycles. The average Bonchev–Trinajstić information content (AvgIpc) is 3.32. The molecule has 130 valence electrons. The molecule has 0 fully saturated rings. The summed E-state index contributed by atoms with van der Waals surface area (Å²) < 4.78 is 1.57. The summed E-state index contributed by atoms with van der Waals surface area (Å²) in [6.07, 6.45) is -0.215. The molecule has 4 rings (SSSR count). The summed E-state index contributed by atoms with van der Waals surface area (Å²) in [6.45, 7) is 0. The minimum atomic E-state index is -0.648. The van der Waals surface area contributed by atoms with Gasteiger partial charge in [-0.1, -0.05) is 47.6 Å². The number of nitrogens with zero attached hydrogens (tertiary/aromatic N) is 5. The molecule has 8 nitrogen and oxygen atoms in total. The lowest BCUT2D eigenvalue weighted by molar-refractivity contribution is -0.125.